The third-order valence-electron chi connectivity index (χ3n) is 2.01. The van der Waals surface area contributed by atoms with Gasteiger partial charge in [-0.2, -0.15) is 15.0 Å². The number of aromatic nitrogens is 3. The summed E-state index contributed by atoms with van der Waals surface area (Å²) in [4.78, 5) is 12.3. The molecule has 5 nitrogen and oxygen atoms in total. The van der Waals surface area contributed by atoms with E-state index in [0.29, 0.717) is 17.9 Å². The molecule has 1 aliphatic rings. The zero-order chi connectivity index (χ0) is 11.8. The molecular weight excluding hydrogens is 226 g/mol. The lowest BCUT2D eigenvalue weighted by Gasteiger charge is -2.20. The van der Waals surface area contributed by atoms with E-state index >= 15 is 0 Å². The first-order valence-corrected chi connectivity index (χ1v) is 5.76. The van der Waals surface area contributed by atoms with Gasteiger partial charge in [0, 0.05) is 11.6 Å². The second-order valence-electron chi connectivity index (χ2n) is 5.05. The monoisotopic (exact) mass is 241 g/mol. The zero-order valence-electron chi connectivity index (χ0n) is 9.71. The molecule has 1 fully saturated rings. The molecule has 0 unspecified atom stereocenters. The van der Waals surface area contributed by atoms with Crippen LogP contribution in [0.25, 0.3) is 0 Å². The van der Waals surface area contributed by atoms with Crippen LogP contribution >= 0.6 is 11.6 Å². The Hall–Kier alpha value is -1.10. The summed E-state index contributed by atoms with van der Waals surface area (Å²) in [6.45, 7) is 6.12. The lowest BCUT2D eigenvalue weighted by Crippen LogP contribution is -2.27. The van der Waals surface area contributed by atoms with Crippen molar-refractivity contribution in [2.24, 2.45) is 0 Å². The largest absolute Gasteiger partial charge is 0.351 e. The molecule has 1 saturated carbocycles. The summed E-state index contributed by atoms with van der Waals surface area (Å²) in [6, 6.07) is 0.501. The number of halogens is 1. The minimum atomic E-state index is -0.0957. The first-order valence-electron chi connectivity index (χ1n) is 5.39. The molecule has 0 aromatic carbocycles. The minimum absolute atomic E-state index is 0.0957. The van der Waals surface area contributed by atoms with Crippen molar-refractivity contribution in [2.75, 3.05) is 10.6 Å². The number of nitrogens with zero attached hydrogens (tertiary/aromatic N) is 3. The summed E-state index contributed by atoms with van der Waals surface area (Å²) >= 11 is 5.84. The molecule has 88 valence electrons. The van der Waals surface area contributed by atoms with Crippen molar-refractivity contribution in [2.45, 2.75) is 45.2 Å². The van der Waals surface area contributed by atoms with Crippen LogP contribution in [0.3, 0.4) is 0 Å². The maximum absolute atomic E-state index is 5.84. The lowest BCUT2D eigenvalue weighted by atomic mass is 10.1. The number of rotatable bonds is 3. The Morgan fingerprint density at radius 3 is 2.31 bits per heavy atom. The van der Waals surface area contributed by atoms with E-state index in [0.717, 1.165) is 0 Å². The van der Waals surface area contributed by atoms with Crippen LogP contribution in [0.4, 0.5) is 11.9 Å². The van der Waals surface area contributed by atoms with Gasteiger partial charge in [0.25, 0.3) is 0 Å². The van der Waals surface area contributed by atoms with E-state index in [9.17, 15) is 0 Å². The molecule has 2 N–H and O–H groups in total. The highest BCUT2D eigenvalue weighted by molar-refractivity contribution is 6.28. The van der Waals surface area contributed by atoms with Gasteiger partial charge in [-0.05, 0) is 45.2 Å². The smallest absolute Gasteiger partial charge is 0.229 e. The Labute approximate surface area is 100 Å². The van der Waals surface area contributed by atoms with Gasteiger partial charge < -0.3 is 10.6 Å². The van der Waals surface area contributed by atoms with Gasteiger partial charge in [0.05, 0.1) is 0 Å². The Balaban J connectivity index is 2.14. The topological polar surface area (TPSA) is 62.7 Å². The summed E-state index contributed by atoms with van der Waals surface area (Å²) < 4.78 is 0. The molecule has 1 aliphatic carbocycles. The lowest BCUT2D eigenvalue weighted by molar-refractivity contribution is 0.625. The van der Waals surface area contributed by atoms with Crippen LogP contribution in [0.15, 0.2) is 0 Å². The Morgan fingerprint density at radius 2 is 1.75 bits per heavy atom. The predicted molar refractivity (Wildman–Crippen MR) is 64.9 cm³/mol. The second kappa shape index (κ2) is 4.05. The summed E-state index contributed by atoms with van der Waals surface area (Å²) in [5.74, 6) is 1.06. The van der Waals surface area contributed by atoms with Crippen molar-refractivity contribution in [3.8, 4) is 0 Å². The van der Waals surface area contributed by atoms with E-state index in [1.54, 1.807) is 0 Å². The summed E-state index contributed by atoms with van der Waals surface area (Å²) in [7, 11) is 0. The van der Waals surface area contributed by atoms with E-state index in [1.807, 2.05) is 20.8 Å². The van der Waals surface area contributed by atoms with E-state index in [2.05, 4.69) is 25.6 Å². The van der Waals surface area contributed by atoms with Gasteiger partial charge in [0.15, 0.2) is 0 Å². The normalized spacial score (nSPS) is 16.0. The second-order valence-corrected chi connectivity index (χ2v) is 5.38. The quantitative estimate of drug-likeness (QED) is 0.850. The van der Waals surface area contributed by atoms with E-state index in [-0.39, 0.29) is 10.8 Å². The fraction of sp³-hybridized carbons (Fsp3) is 0.700. The molecular formula is C10H16ClN5. The van der Waals surface area contributed by atoms with Gasteiger partial charge in [0.2, 0.25) is 17.2 Å². The van der Waals surface area contributed by atoms with Gasteiger partial charge in [0.1, 0.15) is 0 Å². The van der Waals surface area contributed by atoms with E-state index < -0.39 is 0 Å². The number of anilines is 2. The van der Waals surface area contributed by atoms with Gasteiger partial charge in [-0.15, -0.1) is 0 Å². The molecule has 6 heteroatoms. The highest BCUT2D eigenvalue weighted by Gasteiger charge is 2.22. The predicted octanol–water partition coefficient (Wildman–Crippen LogP) is 2.31. The van der Waals surface area contributed by atoms with Crippen LogP contribution in [0, 0.1) is 0 Å². The Kier molecular flexibility index (Phi) is 2.88. The molecule has 0 amide bonds. The number of hydrogen-bond acceptors (Lipinski definition) is 5. The molecule has 16 heavy (non-hydrogen) atoms. The van der Waals surface area contributed by atoms with Crippen LogP contribution < -0.4 is 10.6 Å². The van der Waals surface area contributed by atoms with Crippen LogP contribution in [-0.4, -0.2) is 26.5 Å². The average Bonchev–Trinajstić information content (AvgIpc) is 2.82. The molecule has 0 atom stereocenters. The summed E-state index contributed by atoms with van der Waals surface area (Å²) in [6.07, 6.45) is 2.34. The van der Waals surface area contributed by atoms with Crippen molar-refractivity contribution in [1.29, 1.82) is 0 Å². The molecule has 2 rings (SSSR count). The number of hydrogen-bond donors (Lipinski definition) is 2. The van der Waals surface area contributed by atoms with Gasteiger partial charge in [-0.1, -0.05) is 0 Å². The fourth-order valence-electron chi connectivity index (χ4n) is 1.22. The molecule has 1 aromatic rings. The van der Waals surface area contributed by atoms with E-state index in [4.69, 9.17) is 11.6 Å². The maximum atomic E-state index is 5.84. The molecule has 0 saturated heterocycles. The Morgan fingerprint density at radius 1 is 1.12 bits per heavy atom. The van der Waals surface area contributed by atoms with E-state index in [1.165, 1.54) is 12.8 Å². The van der Waals surface area contributed by atoms with Crippen LogP contribution in [-0.2, 0) is 0 Å². The first-order chi connectivity index (χ1) is 7.42. The maximum Gasteiger partial charge on any atom is 0.229 e. The standard InChI is InChI=1S/C10H16ClN5/c1-10(2,3)16-9-14-7(11)13-8(15-9)12-6-4-5-6/h6H,4-5H2,1-3H3,(H2,12,13,14,15,16). The summed E-state index contributed by atoms with van der Waals surface area (Å²) in [5.41, 5.74) is -0.0957. The molecule has 0 radical (unpaired) electrons. The first kappa shape index (κ1) is 11.4. The zero-order valence-corrected chi connectivity index (χ0v) is 10.5. The minimum Gasteiger partial charge on any atom is -0.351 e. The third-order valence-corrected chi connectivity index (χ3v) is 2.17. The fourth-order valence-corrected chi connectivity index (χ4v) is 1.38. The summed E-state index contributed by atoms with van der Waals surface area (Å²) in [5, 5.41) is 6.58. The molecule has 1 aromatic heterocycles. The SMILES string of the molecule is CC(C)(C)Nc1nc(Cl)nc(NC2CC2)n1. The average molecular weight is 242 g/mol. The highest BCUT2D eigenvalue weighted by atomic mass is 35.5. The van der Waals surface area contributed by atoms with Gasteiger partial charge in [-0.3, -0.25) is 0 Å². The molecule has 0 bridgehead atoms. The van der Waals surface area contributed by atoms with Crippen LogP contribution in [0.5, 0.6) is 0 Å². The molecule has 0 aliphatic heterocycles. The Bertz CT molecular complexity index is 383. The van der Waals surface area contributed by atoms with Crippen LogP contribution in [0.2, 0.25) is 5.28 Å². The number of nitrogens with one attached hydrogen (secondary N) is 2. The molecule has 1 heterocycles. The van der Waals surface area contributed by atoms with Gasteiger partial charge in [-0.25, -0.2) is 0 Å². The molecule has 0 spiro atoms. The van der Waals surface area contributed by atoms with Crippen molar-refractivity contribution in [1.82, 2.24) is 15.0 Å². The van der Waals surface area contributed by atoms with Gasteiger partial charge >= 0.3 is 0 Å². The van der Waals surface area contributed by atoms with Crippen molar-refractivity contribution >= 4 is 23.5 Å². The van der Waals surface area contributed by atoms with Crippen LogP contribution in [0.1, 0.15) is 33.6 Å². The van der Waals surface area contributed by atoms with Crippen molar-refractivity contribution < 1.29 is 0 Å². The highest BCUT2D eigenvalue weighted by Crippen LogP contribution is 2.24. The van der Waals surface area contributed by atoms with Crippen molar-refractivity contribution in [3.05, 3.63) is 5.28 Å². The van der Waals surface area contributed by atoms with Crippen molar-refractivity contribution in [3.63, 3.8) is 0 Å². The third kappa shape index (κ3) is 3.48.